The number of hydrogen-bond acceptors (Lipinski definition) is 4. The Kier molecular flexibility index (Phi) is 4.16. The van der Waals surface area contributed by atoms with Gasteiger partial charge in [0.15, 0.2) is 0 Å². The van der Waals surface area contributed by atoms with E-state index in [1.807, 2.05) is 13.0 Å². The van der Waals surface area contributed by atoms with E-state index < -0.39 is 0 Å². The van der Waals surface area contributed by atoms with Crippen molar-refractivity contribution in [2.24, 2.45) is 0 Å². The molecule has 0 radical (unpaired) electrons. The Morgan fingerprint density at radius 2 is 2.20 bits per heavy atom. The zero-order valence-electron chi connectivity index (χ0n) is 11.1. The van der Waals surface area contributed by atoms with E-state index in [0.717, 1.165) is 21.4 Å². The van der Waals surface area contributed by atoms with Crippen molar-refractivity contribution in [3.63, 3.8) is 0 Å². The Balaban J connectivity index is 0.000000704. The van der Waals surface area contributed by atoms with E-state index in [1.54, 1.807) is 12.4 Å². The normalized spacial score (nSPS) is 10.3. The summed E-state index contributed by atoms with van der Waals surface area (Å²) in [4.78, 5) is 15.6. The van der Waals surface area contributed by atoms with Crippen LogP contribution in [0.5, 0.6) is 0 Å². The molecule has 0 atom stereocenters. The van der Waals surface area contributed by atoms with Gasteiger partial charge in [-0.3, -0.25) is 9.89 Å². The third kappa shape index (κ3) is 2.31. The first-order chi connectivity index (χ1) is 9.70. The van der Waals surface area contributed by atoms with Crippen LogP contribution in [0.1, 0.15) is 11.3 Å². The summed E-state index contributed by atoms with van der Waals surface area (Å²) in [5.41, 5.74) is 2.29. The number of H-pyrrole nitrogens is 2. The number of nitrogens with one attached hydrogen (secondary N) is 2. The van der Waals surface area contributed by atoms with Crippen molar-refractivity contribution in [1.82, 2.24) is 15.2 Å². The van der Waals surface area contributed by atoms with Crippen molar-refractivity contribution >= 4 is 21.4 Å². The molecule has 3 rings (SSSR count). The number of thiophene rings is 1. The maximum Gasteiger partial charge on any atom is 0.266 e. The van der Waals surface area contributed by atoms with Gasteiger partial charge in [-0.15, -0.1) is 24.5 Å². The van der Waals surface area contributed by atoms with Gasteiger partial charge in [0, 0.05) is 27.7 Å². The quantitative estimate of drug-likeness (QED) is 0.634. The monoisotopic (exact) mass is 289 g/mol. The summed E-state index contributed by atoms with van der Waals surface area (Å²) in [7, 11) is 0. The summed E-state index contributed by atoms with van der Waals surface area (Å²) in [6.45, 7) is 7.74. The first kappa shape index (κ1) is 14.2. The summed E-state index contributed by atoms with van der Waals surface area (Å²) in [6, 6.07) is 1.97. The molecule has 0 fully saturated rings. The van der Waals surface area contributed by atoms with Gasteiger partial charge in [0.05, 0.1) is 12.8 Å². The average Bonchev–Trinajstić information content (AvgIpc) is 3.13. The second kappa shape index (κ2) is 5.85. The second-order valence-corrected chi connectivity index (χ2v) is 5.11. The molecule has 0 unspecified atom stereocenters. The van der Waals surface area contributed by atoms with Gasteiger partial charge >= 0.3 is 0 Å². The number of fused-ring (bicyclic) bond motifs is 1. The first-order valence-electron chi connectivity index (χ1n) is 5.96. The van der Waals surface area contributed by atoms with Crippen molar-refractivity contribution in [2.45, 2.75) is 13.5 Å². The fourth-order valence-electron chi connectivity index (χ4n) is 1.97. The van der Waals surface area contributed by atoms with Crippen LogP contribution in [0.15, 0.2) is 36.4 Å². The molecule has 104 valence electrons. The van der Waals surface area contributed by atoms with Gasteiger partial charge in [0.25, 0.3) is 5.56 Å². The molecule has 3 aromatic rings. The molecule has 0 aliphatic rings. The Labute approximate surface area is 119 Å². The van der Waals surface area contributed by atoms with E-state index in [0.29, 0.717) is 10.4 Å². The summed E-state index contributed by atoms with van der Waals surface area (Å²) in [5, 5.41) is 16.8. The molecule has 3 aromatic heterocycles. The lowest BCUT2D eigenvalue weighted by Gasteiger charge is -2.02. The van der Waals surface area contributed by atoms with Gasteiger partial charge in [0.2, 0.25) is 0 Å². The smallest absolute Gasteiger partial charge is 0.266 e. The largest absolute Gasteiger partial charge is 0.390 e. The lowest BCUT2D eigenvalue weighted by Crippen LogP contribution is -2.09. The first-order valence-corrected chi connectivity index (χ1v) is 6.77. The number of aromatic nitrogens is 3. The fraction of sp³-hybridized carbons (Fsp3) is 0.143. The van der Waals surface area contributed by atoms with Crippen LogP contribution >= 0.6 is 11.3 Å². The molecule has 0 saturated carbocycles. The third-order valence-electron chi connectivity index (χ3n) is 3.00. The molecule has 0 saturated heterocycles. The number of nitrogens with zero attached hydrogens (tertiary/aromatic N) is 1. The Hall–Kier alpha value is -2.18. The lowest BCUT2D eigenvalue weighted by atomic mass is 10.1. The number of aliphatic hydroxyl groups is 1. The van der Waals surface area contributed by atoms with Crippen molar-refractivity contribution in [3.05, 3.63) is 53.2 Å². The van der Waals surface area contributed by atoms with Crippen molar-refractivity contribution in [3.8, 4) is 10.4 Å². The lowest BCUT2D eigenvalue weighted by molar-refractivity contribution is 0.276. The number of hydrogen-bond donors (Lipinski definition) is 3. The highest BCUT2D eigenvalue weighted by molar-refractivity contribution is 7.22. The molecule has 6 heteroatoms. The minimum absolute atomic E-state index is 0.153. The highest BCUT2D eigenvalue weighted by atomic mass is 32.1. The zero-order valence-corrected chi connectivity index (χ0v) is 11.9. The van der Waals surface area contributed by atoms with E-state index in [9.17, 15) is 9.90 Å². The van der Waals surface area contributed by atoms with Crippen LogP contribution in [0.25, 0.3) is 20.5 Å². The highest BCUT2D eigenvalue weighted by Crippen LogP contribution is 2.33. The van der Waals surface area contributed by atoms with E-state index in [2.05, 4.69) is 28.3 Å². The molecule has 0 bridgehead atoms. The Bertz CT molecular complexity index is 772. The maximum absolute atomic E-state index is 11.9. The molecule has 20 heavy (non-hydrogen) atoms. The molecule has 0 spiro atoms. The minimum Gasteiger partial charge on any atom is -0.390 e. The van der Waals surface area contributed by atoms with Gasteiger partial charge in [0.1, 0.15) is 4.70 Å². The van der Waals surface area contributed by atoms with Crippen LogP contribution in [0.2, 0.25) is 0 Å². The molecule has 0 aromatic carbocycles. The number of aliphatic hydroxyl groups excluding tert-OH is 1. The molecule has 0 aliphatic heterocycles. The highest BCUT2D eigenvalue weighted by Gasteiger charge is 2.12. The standard InChI is InChI=1S/C12H11N3O2S.C2H4/c1-6-8-2-10(7-3-13-14-4-7)18-11(8)12(17)15-9(6)5-16;1-2/h2-4,16H,5H2,1H3,(H,13,14)(H,15,17);1-2H2. The van der Waals surface area contributed by atoms with Crippen LogP contribution in [0, 0.1) is 6.92 Å². The van der Waals surface area contributed by atoms with Gasteiger partial charge in [-0.2, -0.15) is 5.10 Å². The van der Waals surface area contributed by atoms with Crippen LogP contribution in [0.3, 0.4) is 0 Å². The fourth-order valence-corrected chi connectivity index (χ4v) is 3.07. The van der Waals surface area contributed by atoms with Crippen LogP contribution in [-0.4, -0.2) is 20.3 Å². The predicted octanol–water partition coefficient (Wildman–Crippen LogP) is 2.58. The van der Waals surface area contributed by atoms with Crippen LogP contribution in [-0.2, 0) is 6.61 Å². The zero-order chi connectivity index (χ0) is 14.7. The molecule has 3 N–H and O–H groups in total. The number of pyridine rings is 1. The molecule has 3 heterocycles. The SMILES string of the molecule is C=C.Cc1c(CO)[nH]c(=O)c2sc(-c3cn[nH]c3)cc12. The van der Waals surface area contributed by atoms with Crippen molar-refractivity contribution < 1.29 is 5.11 Å². The van der Waals surface area contributed by atoms with E-state index in [1.165, 1.54) is 11.3 Å². The van der Waals surface area contributed by atoms with Crippen LogP contribution in [0.4, 0.5) is 0 Å². The summed E-state index contributed by atoms with van der Waals surface area (Å²) < 4.78 is 0.681. The van der Waals surface area contributed by atoms with Gasteiger partial charge in [-0.05, 0) is 18.6 Å². The average molecular weight is 289 g/mol. The minimum atomic E-state index is -0.159. The topological polar surface area (TPSA) is 81.8 Å². The summed E-state index contributed by atoms with van der Waals surface area (Å²) in [6.07, 6.45) is 3.52. The summed E-state index contributed by atoms with van der Waals surface area (Å²) >= 11 is 1.43. The molecular formula is C14H15N3O2S. The Morgan fingerprint density at radius 3 is 2.80 bits per heavy atom. The van der Waals surface area contributed by atoms with Crippen molar-refractivity contribution in [1.29, 1.82) is 0 Å². The molecule has 0 amide bonds. The molecular weight excluding hydrogens is 274 g/mol. The number of aryl methyl sites for hydroxylation is 1. The summed E-state index contributed by atoms with van der Waals surface area (Å²) in [5.74, 6) is 0. The van der Waals surface area contributed by atoms with Gasteiger partial charge < -0.3 is 10.1 Å². The number of aromatic amines is 2. The van der Waals surface area contributed by atoms with Crippen molar-refractivity contribution in [2.75, 3.05) is 0 Å². The van der Waals surface area contributed by atoms with Gasteiger partial charge in [-0.1, -0.05) is 0 Å². The van der Waals surface area contributed by atoms with Crippen LogP contribution < -0.4 is 5.56 Å². The molecule has 5 nitrogen and oxygen atoms in total. The van der Waals surface area contributed by atoms with E-state index in [4.69, 9.17) is 0 Å². The second-order valence-electron chi connectivity index (χ2n) is 4.06. The maximum atomic E-state index is 11.9. The van der Waals surface area contributed by atoms with E-state index in [-0.39, 0.29) is 12.2 Å². The third-order valence-corrected chi connectivity index (χ3v) is 4.18. The molecule has 0 aliphatic carbocycles. The van der Waals surface area contributed by atoms with Gasteiger partial charge in [-0.25, -0.2) is 0 Å². The van der Waals surface area contributed by atoms with E-state index >= 15 is 0 Å². The predicted molar refractivity (Wildman–Crippen MR) is 81.9 cm³/mol. The Morgan fingerprint density at radius 1 is 1.45 bits per heavy atom. The number of rotatable bonds is 2.